The van der Waals surface area contributed by atoms with Crippen molar-refractivity contribution in [1.82, 2.24) is 5.32 Å². The number of carbonyl (C=O) groups excluding carboxylic acids is 2. The van der Waals surface area contributed by atoms with E-state index < -0.39 is 27.6 Å². The van der Waals surface area contributed by atoms with Crippen LogP contribution in [-0.4, -0.2) is 40.0 Å². The van der Waals surface area contributed by atoms with Gasteiger partial charge in [0.2, 0.25) is 5.91 Å². The van der Waals surface area contributed by atoms with Gasteiger partial charge in [-0.05, 0) is 49.2 Å². The lowest BCUT2D eigenvalue weighted by Crippen LogP contribution is -2.38. The van der Waals surface area contributed by atoms with E-state index in [1.165, 1.54) is 31.5 Å². The Labute approximate surface area is 204 Å². The molecule has 2 N–H and O–H groups in total. The summed E-state index contributed by atoms with van der Waals surface area (Å²) < 4.78 is 33.4. The summed E-state index contributed by atoms with van der Waals surface area (Å²) in [5.74, 6) is -1.60. The van der Waals surface area contributed by atoms with Gasteiger partial charge in [0.05, 0.1) is 23.4 Å². The Morgan fingerprint density at radius 3 is 2.57 bits per heavy atom. The topological polar surface area (TPSA) is 114 Å². The van der Waals surface area contributed by atoms with E-state index in [4.69, 9.17) is 4.74 Å². The summed E-state index contributed by atoms with van der Waals surface area (Å²) in [5.41, 5.74) is 2.94. The molecule has 0 radical (unpaired) electrons. The number of aliphatic imine (C=N–C) groups is 1. The predicted molar refractivity (Wildman–Crippen MR) is 134 cm³/mol. The number of nitrogens with zero attached hydrogens (tertiary/aromatic N) is 1. The van der Waals surface area contributed by atoms with Gasteiger partial charge in [-0.25, -0.2) is 8.42 Å². The molecule has 0 bridgehead atoms. The quantitative estimate of drug-likeness (QED) is 0.467. The highest BCUT2D eigenvalue weighted by Gasteiger charge is 2.31. The first-order valence-electron chi connectivity index (χ1n) is 11.0. The van der Waals surface area contributed by atoms with Crippen LogP contribution in [-0.2, 0) is 21.2 Å². The molecule has 9 heteroatoms. The van der Waals surface area contributed by atoms with Gasteiger partial charge in [-0.15, -0.1) is 0 Å². The average molecular weight is 492 g/mol. The molecule has 3 aromatic rings. The molecule has 3 aromatic carbocycles. The average Bonchev–Trinajstić information content (AvgIpc) is 2.85. The molecule has 0 saturated heterocycles. The van der Waals surface area contributed by atoms with Crippen LogP contribution in [0.15, 0.2) is 76.6 Å². The van der Waals surface area contributed by atoms with Crippen molar-refractivity contribution in [2.24, 2.45) is 10.9 Å². The fraction of sp³-hybridized carbons (Fsp3) is 0.192. The fourth-order valence-corrected chi connectivity index (χ4v) is 4.74. The van der Waals surface area contributed by atoms with Crippen molar-refractivity contribution in [3.8, 4) is 5.75 Å². The molecule has 0 fully saturated rings. The normalized spacial score (nSPS) is 14.8. The molecule has 0 aromatic heterocycles. The number of anilines is 1. The molecule has 180 valence electrons. The van der Waals surface area contributed by atoms with E-state index in [2.05, 4.69) is 15.0 Å². The fourth-order valence-electron chi connectivity index (χ4n) is 3.66. The summed E-state index contributed by atoms with van der Waals surface area (Å²) in [7, 11) is -2.51. The monoisotopic (exact) mass is 491 g/mol. The number of methoxy groups -OCH3 is 1. The number of fused-ring (bicyclic) bond motifs is 1. The summed E-state index contributed by atoms with van der Waals surface area (Å²) in [4.78, 5) is 29.9. The van der Waals surface area contributed by atoms with E-state index in [1.54, 1.807) is 24.3 Å². The summed E-state index contributed by atoms with van der Waals surface area (Å²) in [6.45, 7) is 2.37. The van der Waals surface area contributed by atoms with Crippen molar-refractivity contribution in [3.63, 3.8) is 0 Å². The third-order valence-electron chi connectivity index (χ3n) is 5.63. The third kappa shape index (κ3) is 5.58. The van der Waals surface area contributed by atoms with Crippen LogP contribution >= 0.6 is 0 Å². The lowest BCUT2D eigenvalue weighted by atomic mass is 9.94. The molecule has 1 aliphatic heterocycles. The number of aryl methyl sites for hydroxylation is 1. The maximum absolute atomic E-state index is 13.1. The zero-order valence-electron chi connectivity index (χ0n) is 19.3. The molecule has 1 amide bonds. The molecule has 0 spiro atoms. The SMILES string of the molecule is COc1cccc(NS(=O)(=O)c2ccc3c(c2)C(=O)C(C(=O)NCCc2ccc(C)cc2)C=N3)c1. The highest BCUT2D eigenvalue weighted by molar-refractivity contribution is 7.92. The van der Waals surface area contributed by atoms with E-state index in [-0.39, 0.29) is 10.5 Å². The summed E-state index contributed by atoms with van der Waals surface area (Å²) in [6, 6.07) is 18.5. The Kier molecular flexibility index (Phi) is 6.97. The number of amides is 1. The first-order chi connectivity index (χ1) is 16.8. The Balaban J connectivity index is 1.46. The van der Waals surface area contributed by atoms with Crippen LogP contribution in [0.1, 0.15) is 21.5 Å². The molecule has 1 aliphatic rings. The van der Waals surface area contributed by atoms with E-state index in [0.29, 0.717) is 30.1 Å². The maximum atomic E-state index is 13.1. The molecule has 0 aliphatic carbocycles. The van der Waals surface area contributed by atoms with Gasteiger partial charge < -0.3 is 10.1 Å². The summed E-state index contributed by atoms with van der Waals surface area (Å²) in [6.07, 6.45) is 1.92. The summed E-state index contributed by atoms with van der Waals surface area (Å²) in [5, 5.41) is 2.77. The van der Waals surface area contributed by atoms with Gasteiger partial charge in [-0.2, -0.15) is 0 Å². The number of carbonyl (C=O) groups is 2. The number of ether oxygens (including phenoxy) is 1. The number of nitrogens with one attached hydrogen (secondary N) is 2. The number of Topliss-reactive ketones (excluding diaryl/α,β-unsaturated/α-hetero) is 1. The molecule has 1 heterocycles. The van der Waals surface area contributed by atoms with Crippen LogP contribution < -0.4 is 14.8 Å². The molecule has 1 atom stereocenters. The largest absolute Gasteiger partial charge is 0.497 e. The van der Waals surface area contributed by atoms with Crippen molar-refractivity contribution in [2.75, 3.05) is 18.4 Å². The van der Waals surface area contributed by atoms with Crippen molar-refractivity contribution in [2.45, 2.75) is 18.2 Å². The van der Waals surface area contributed by atoms with E-state index >= 15 is 0 Å². The minimum absolute atomic E-state index is 0.0831. The van der Waals surface area contributed by atoms with Crippen molar-refractivity contribution in [1.29, 1.82) is 0 Å². The molecule has 0 saturated carbocycles. The lowest BCUT2D eigenvalue weighted by molar-refractivity contribution is -0.121. The Morgan fingerprint density at radius 2 is 1.83 bits per heavy atom. The van der Waals surface area contributed by atoms with Gasteiger partial charge >= 0.3 is 0 Å². The molecule has 8 nitrogen and oxygen atoms in total. The number of benzene rings is 3. The second-order valence-corrected chi connectivity index (χ2v) is 9.85. The van der Waals surface area contributed by atoms with Crippen LogP contribution in [0.3, 0.4) is 0 Å². The molecule has 4 rings (SSSR count). The summed E-state index contributed by atoms with van der Waals surface area (Å²) >= 11 is 0. The van der Waals surface area contributed by atoms with Gasteiger partial charge in [0, 0.05) is 24.4 Å². The van der Waals surface area contributed by atoms with E-state index in [1.807, 2.05) is 31.2 Å². The Morgan fingerprint density at radius 1 is 1.06 bits per heavy atom. The lowest BCUT2D eigenvalue weighted by Gasteiger charge is -2.18. The van der Waals surface area contributed by atoms with E-state index in [0.717, 1.165) is 11.1 Å². The van der Waals surface area contributed by atoms with Crippen LogP contribution in [0.2, 0.25) is 0 Å². The van der Waals surface area contributed by atoms with Gasteiger partial charge in [-0.1, -0.05) is 35.9 Å². The third-order valence-corrected chi connectivity index (χ3v) is 7.01. The number of hydrogen-bond acceptors (Lipinski definition) is 6. The highest BCUT2D eigenvalue weighted by atomic mass is 32.2. The smallest absolute Gasteiger partial charge is 0.261 e. The molecule has 1 unspecified atom stereocenters. The second kappa shape index (κ2) is 10.1. The Bertz CT molecular complexity index is 1400. The zero-order valence-corrected chi connectivity index (χ0v) is 20.1. The molecular formula is C26H25N3O5S. The van der Waals surface area contributed by atoms with E-state index in [9.17, 15) is 18.0 Å². The number of hydrogen-bond donors (Lipinski definition) is 2. The molecular weight excluding hydrogens is 466 g/mol. The standard InChI is InChI=1S/C26H25N3O5S/c1-17-6-8-18(9-7-17)12-13-27-26(31)23-16-28-24-11-10-21(15-22(24)25(23)30)35(32,33)29-19-4-3-5-20(14-19)34-2/h3-11,14-16,23,29H,12-13H2,1-2H3,(H,27,31). The first-order valence-corrected chi connectivity index (χ1v) is 12.5. The second-order valence-electron chi connectivity index (χ2n) is 8.16. The Hall–Kier alpha value is -3.98. The first kappa shape index (κ1) is 24.2. The highest BCUT2D eigenvalue weighted by Crippen LogP contribution is 2.30. The number of ketones is 1. The van der Waals surface area contributed by atoms with Gasteiger partial charge in [0.1, 0.15) is 11.7 Å². The van der Waals surface area contributed by atoms with Crippen molar-refractivity contribution in [3.05, 3.63) is 83.4 Å². The minimum atomic E-state index is -3.99. The zero-order chi connectivity index (χ0) is 25.0. The van der Waals surface area contributed by atoms with Crippen LogP contribution in [0, 0.1) is 12.8 Å². The van der Waals surface area contributed by atoms with Crippen molar-refractivity contribution < 1.29 is 22.7 Å². The molecule has 35 heavy (non-hydrogen) atoms. The minimum Gasteiger partial charge on any atom is -0.497 e. The number of rotatable bonds is 8. The maximum Gasteiger partial charge on any atom is 0.261 e. The van der Waals surface area contributed by atoms with Crippen LogP contribution in [0.25, 0.3) is 0 Å². The van der Waals surface area contributed by atoms with Gasteiger partial charge in [0.15, 0.2) is 5.78 Å². The van der Waals surface area contributed by atoms with Crippen LogP contribution in [0.4, 0.5) is 11.4 Å². The van der Waals surface area contributed by atoms with Crippen LogP contribution in [0.5, 0.6) is 5.75 Å². The van der Waals surface area contributed by atoms with Crippen molar-refractivity contribution >= 4 is 39.3 Å². The van der Waals surface area contributed by atoms with Gasteiger partial charge in [-0.3, -0.25) is 19.3 Å². The van der Waals surface area contributed by atoms with Gasteiger partial charge in [0.25, 0.3) is 10.0 Å². The predicted octanol–water partition coefficient (Wildman–Crippen LogP) is 3.68. The number of sulfonamides is 1.